The van der Waals surface area contributed by atoms with Crippen molar-refractivity contribution in [2.45, 2.75) is 38.6 Å². The molecule has 154 valence electrons. The number of hydrogen-bond acceptors (Lipinski definition) is 5. The van der Waals surface area contributed by atoms with E-state index >= 15 is 0 Å². The molecule has 1 N–H and O–H groups in total. The van der Waals surface area contributed by atoms with Crippen LogP contribution in [0.3, 0.4) is 0 Å². The quantitative estimate of drug-likeness (QED) is 0.821. The van der Waals surface area contributed by atoms with E-state index in [1.165, 1.54) is 6.42 Å². The summed E-state index contributed by atoms with van der Waals surface area (Å²) in [5.74, 6) is 1.22. The number of morpholine rings is 1. The predicted octanol–water partition coefficient (Wildman–Crippen LogP) is 4.33. The maximum Gasteiger partial charge on any atom is 0.230 e. The zero-order valence-corrected chi connectivity index (χ0v) is 16.8. The maximum atomic E-state index is 13.6. The van der Waals surface area contributed by atoms with Crippen LogP contribution in [0, 0.1) is 5.92 Å². The highest BCUT2D eigenvalue weighted by Gasteiger charge is 2.31. The van der Waals surface area contributed by atoms with Gasteiger partial charge in [0.15, 0.2) is 0 Å². The van der Waals surface area contributed by atoms with E-state index in [0.717, 1.165) is 80.4 Å². The molecule has 6 nitrogen and oxygen atoms in total. The highest BCUT2D eigenvalue weighted by molar-refractivity contribution is 6.00. The number of hydrogen-bond donors (Lipinski definition) is 1. The van der Waals surface area contributed by atoms with Gasteiger partial charge in [-0.25, -0.2) is 4.98 Å². The number of benzene rings is 1. The highest BCUT2D eigenvalue weighted by Crippen LogP contribution is 2.39. The lowest BCUT2D eigenvalue weighted by Crippen LogP contribution is -2.38. The predicted molar refractivity (Wildman–Crippen MR) is 117 cm³/mol. The number of fused-ring (bicyclic) bond motifs is 2. The highest BCUT2D eigenvalue weighted by atomic mass is 16.5. The van der Waals surface area contributed by atoms with Gasteiger partial charge in [0.2, 0.25) is 5.91 Å². The minimum absolute atomic E-state index is 0. The molecular weight excluding hydrogens is 364 g/mol. The van der Waals surface area contributed by atoms with Crippen LogP contribution < -0.4 is 15.1 Å². The fourth-order valence-corrected chi connectivity index (χ4v) is 4.70. The van der Waals surface area contributed by atoms with Gasteiger partial charge in [0.05, 0.1) is 31.1 Å². The Morgan fingerprint density at radius 3 is 2.79 bits per heavy atom. The van der Waals surface area contributed by atoms with Crippen LogP contribution in [-0.2, 0) is 16.1 Å². The molecule has 1 aromatic heterocycles. The number of carbonyl (C=O) groups is 1. The summed E-state index contributed by atoms with van der Waals surface area (Å²) in [6, 6.07) is 10.4. The Kier molecular flexibility index (Phi) is 5.10. The molecule has 1 aromatic carbocycles. The van der Waals surface area contributed by atoms with Crippen molar-refractivity contribution in [3.05, 3.63) is 42.1 Å². The van der Waals surface area contributed by atoms with E-state index in [9.17, 15) is 4.79 Å². The maximum absolute atomic E-state index is 13.6. The van der Waals surface area contributed by atoms with Crippen LogP contribution in [0.4, 0.5) is 22.9 Å². The molecule has 0 radical (unpaired) electrons. The molecule has 3 aliphatic rings. The number of anilines is 4. The van der Waals surface area contributed by atoms with Crippen LogP contribution in [0.5, 0.6) is 0 Å². The molecule has 1 aliphatic carbocycles. The molecule has 2 aromatic rings. The van der Waals surface area contributed by atoms with E-state index in [-0.39, 0.29) is 13.3 Å². The number of rotatable bonds is 2. The largest absolute Gasteiger partial charge is 0.378 e. The molecule has 3 heterocycles. The Balaban J connectivity index is 0.00000218. The van der Waals surface area contributed by atoms with Gasteiger partial charge in [0.25, 0.3) is 0 Å². The first-order valence-corrected chi connectivity index (χ1v) is 10.8. The molecule has 0 spiro atoms. The van der Waals surface area contributed by atoms with Crippen LogP contribution in [0.1, 0.15) is 39.1 Å². The normalized spacial score (nSPS) is 19.7. The smallest absolute Gasteiger partial charge is 0.230 e. The van der Waals surface area contributed by atoms with Crippen molar-refractivity contribution < 1.29 is 11.0 Å². The molecule has 5 rings (SSSR count). The summed E-state index contributed by atoms with van der Waals surface area (Å²) >= 11 is 0. The van der Waals surface area contributed by atoms with E-state index in [4.69, 9.17) is 4.74 Å². The Bertz CT molecular complexity index is 895. The second-order valence-corrected chi connectivity index (χ2v) is 8.20. The summed E-state index contributed by atoms with van der Waals surface area (Å²) in [5, 5.41) is 3.47. The van der Waals surface area contributed by atoms with E-state index in [2.05, 4.69) is 39.5 Å². The average Bonchev–Trinajstić information content (AvgIpc) is 2.96. The van der Waals surface area contributed by atoms with Crippen LogP contribution >= 0.6 is 0 Å². The number of carbonyl (C=O) groups excluding carboxylic acids is 1. The molecule has 6 heteroatoms. The lowest BCUT2D eigenvalue weighted by atomic mass is 9.88. The summed E-state index contributed by atoms with van der Waals surface area (Å²) < 4.78 is 5.51. The van der Waals surface area contributed by atoms with Gasteiger partial charge < -0.3 is 19.9 Å². The lowest BCUT2D eigenvalue weighted by Gasteiger charge is -2.32. The van der Waals surface area contributed by atoms with E-state index in [0.29, 0.717) is 6.54 Å². The fourth-order valence-electron chi connectivity index (χ4n) is 4.70. The van der Waals surface area contributed by atoms with Gasteiger partial charge in [0.1, 0.15) is 5.82 Å². The zero-order valence-electron chi connectivity index (χ0n) is 16.8. The average molecular weight is 395 g/mol. The number of nitrogens with zero attached hydrogens (tertiary/aromatic N) is 3. The van der Waals surface area contributed by atoms with Crippen molar-refractivity contribution in [2.75, 3.05) is 41.4 Å². The van der Waals surface area contributed by atoms with Crippen LogP contribution in [-0.4, -0.2) is 37.2 Å². The topological polar surface area (TPSA) is 57.7 Å². The molecule has 2 fully saturated rings. The summed E-state index contributed by atoms with van der Waals surface area (Å²) in [7, 11) is 0. The molecule has 0 atom stereocenters. The fraction of sp³-hybridized carbons (Fsp3) is 0.478. The van der Waals surface area contributed by atoms with Crippen molar-refractivity contribution in [1.82, 2.24) is 4.98 Å². The Morgan fingerprint density at radius 1 is 1.14 bits per heavy atom. The van der Waals surface area contributed by atoms with Crippen molar-refractivity contribution in [1.29, 1.82) is 0 Å². The molecular formula is C23H30N4O2. The van der Waals surface area contributed by atoms with Gasteiger partial charge >= 0.3 is 0 Å². The van der Waals surface area contributed by atoms with Crippen LogP contribution in [0.15, 0.2) is 36.5 Å². The standard InChI is InChI=1S/C23H28N4O2.H2/c28-23(17-5-2-1-3-6-17)27-16-18-7-4-10-24-22(18)25-20-9-8-19(15-21(20)27)26-11-13-29-14-12-26;/h4,7-10,15,17H,1-3,5-6,11-14,16H2,(H,24,25);1H. The molecule has 0 unspecified atom stereocenters. The van der Waals surface area contributed by atoms with Gasteiger partial charge in [-0.15, -0.1) is 0 Å². The molecule has 1 amide bonds. The van der Waals surface area contributed by atoms with Crippen molar-refractivity contribution in [2.24, 2.45) is 5.92 Å². The summed E-state index contributed by atoms with van der Waals surface area (Å²) in [5.41, 5.74) is 4.11. The van der Waals surface area contributed by atoms with Gasteiger partial charge in [0, 0.05) is 37.9 Å². The first-order chi connectivity index (χ1) is 14.3. The zero-order chi connectivity index (χ0) is 19.6. The first-order valence-electron chi connectivity index (χ1n) is 10.8. The first kappa shape index (κ1) is 18.4. The van der Waals surface area contributed by atoms with Gasteiger partial charge in [-0.3, -0.25) is 4.79 Å². The third-order valence-electron chi connectivity index (χ3n) is 6.34. The Morgan fingerprint density at radius 2 is 1.97 bits per heavy atom. The van der Waals surface area contributed by atoms with E-state index < -0.39 is 0 Å². The van der Waals surface area contributed by atoms with Crippen LogP contribution in [0.2, 0.25) is 0 Å². The number of pyridine rings is 1. The third-order valence-corrected chi connectivity index (χ3v) is 6.34. The Labute approximate surface area is 173 Å². The minimum atomic E-state index is 0. The number of nitrogens with one attached hydrogen (secondary N) is 1. The second kappa shape index (κ2) is 8.03. The second-order valence-electron chi connectivity index (χ2n) is 8.20. The lowest BCUT2D eigenvalue weighted by molar-refractivity contribution is -0.123. The molecule has 1 saturated carbocycles. The van der Waals surface area contributed by atoms with Crippen molar-refractivity contribution in [3.63, 3.8) is 0 Å². The molecule has 0 bridgehead atoms. The molecule has 29 heavy (non-hydrogen) atoms. The summed E-state index contributed by atoms with van der Waals surface area (Å²) in [4.78, 5) is 22.5. The van der Waals surface area contributed by atoms with Crippen LogP contribution in [0.25, 0.3) is 0 Å². The SMILES string of the molecule is O=C(C1CCCCC1)N1Cc2cccnc2Nc2ccc(N3CCOCC3)cc21.[HH]. The van der Waals surface area contributed by atoms with Gasteiger partial charge in [-0.2, -0.15) is 0 Å². The number of amides is 1. The number of ether oxygens (including phenoxy) is 1. The Hall–Kier alpha value is -2.60. The third kappa shape index (κ3) is 3.69. The summed E-state index contributed by atoms with van der Waals surface area (Å²) in [6.45, 7) is 3.81. The summed E-state index contributed by atoms with van der Waals surface area (Å²) in [6.07, 6.45) is 7.35. The monoisotopic (exact) mass is 394 g/mol. The molecule has 2 aliphatic heterocycles. The number of aromatic nitrogens is 1. The minimum Gasteiger partial charge on any atom is -0.378 e. The van der Waals surface area contributed by atoms with Crippen molar-refractivity contribution >= 4 is 28.8 Å². The van der Waals surface area contributed by atoms with Gasteiger partial charge in [-0.1, -0.05) is 25.3 Å². The van der Waals surface area contributed by atoms with Crippen molar-refractivity contribution in [3.8, 4) is 0 Å². The van der Waals surface area contributed by atoms with Gasteiger partial charge in [-0.05, 0) is 37.1 Å². The molecule has 1 saturated heterocycles. The van der Waals surface area contributed by atoms with E-state index in [1.807, 2.05) is 11.0 Å². The van der Waals surface area contributed by atoms with E-state index in [1.54, 1.807) is 6.20 Å².